The second-order valence-corrected chi connectivity index (χ2v) is 11.3. The van der Waals surface area contributed by atoms with Gasteiger partial charge in [0.1, 0.15) is 11.8 Å². The molecule has 9 nitrogen and oxygen atoms in total. The van der Waals surface area contributed by atoms with E-state index < -0.39 is 11.4 Å². The number of carbonyl (C=O) groups excluding carboxylic acids is 2. The Balaban J connectivity index is 1.64. The van der Waals surface area contributed by atoms with Gasteiger partial charge in [-0.2, -0.15) is 0 Å². The molecule has 1 saturated heterocycles. The largest absolute Gasteiger partial charge is 0.494 e. The van der Waals surface area contributed by atoms with Crippen molar-refractivity contribution in [1.82, 2.24) is 14.9 Å². The Hall–Kier alpha value is -4.70. The lowest BCUT2D eigenvalue weighted by atomic mass is 9.95. The van der Waals surface area contributed by atoms with Gasteiger partial charge >= 0.3 is 5.97 Å². The summed E-state index contributed by atoms with van der Waals surface area (Å²) in [6.45, 7) is 5.56. The topological polar surface area (TPSA) is 97.7 Å². The van der Waals surface area contributed by atoms with Crippen LogP contribution in [-0.4, -0.2) is 40.8 Å². The molecule has 0 spiro atoms. The average Bonchev–Trinajstić information content (AvgIpc) is 3.61. The first-order valence-corrected chi connectivity index (χ1v) is 13.9. The van der Waals surface area contributed by atoms with Crippen LogP contribution in [0.15, 0.2) is 85.2 Å². The standard InChI is InChI=1S/C32H33N5O4S/c1-32(2,3)30(39)34-22-16-15-20(19-26(22)40-4)37-28(27(35-31(37)42)23-12-8-9-17-33-23)25-14-10-18-36(25)24-13-7-6-11-21(24)29(38)41-5/h6-19,27-28H,1-5H3,(H,34,39)(H,35,42)/t27-,28-/m0/s1. The third-order valence-electron chi connectivity index (χ3n) is 7.14. The summed E-state index contributed by atoms with van der Waals surface area (Å²) < 4.78 is 12.8. The molecule has 4 aromatic rings. The summed E-state index contributed by atoms with van der Waals surface area (Å²) >= 11 is 5.92. The van der Waals surface area contributed by atoms with Crippen molar-refractivity contribution in [2.45, 2.75) is 32.9 Å². The number of esters is 1. The third kappa shape index (κ3) is 5.45. The van der Waals surface area contributed by atoms with Crippen LogP contribution in [0, 0.1) is 5.41 Å². The number of benzene rings is 2. The Morgan fingerprint density at radius 1 is 1.00 bits per heavy atom. The molecule has 10 heteroatoms. The Morgan fingerprint density at radius 2 is 1.76 bits per heavy atom. The molecular formula is C32H33N5O4S. The molecule has 2 N–H and O–H groups in total. The van der Waals surface area contributed by atoms with Gasteiger partial charge < -0.3 is 29.6 Å². The minimum Gasteiger partial charge on any atom is -0.494 e. The smallest absolute Gasteiger partial charge is 0.339 e. The number of methoxy groups -OCH3 is 2. The van der Waals surface area contributed by atoms with Gasteiger partial charge in [0.05, 0.1) is 42.9 Å². The molecule has 1 aliphatic rings. The molecule has 3 heterocycles. The highest BCUT2D eigenvalue weighted by atomic mass is 32.1. The van der Waals surface area contributed by atoms with Crippen LogP contribution < -0.4 is 20.3 Å². The summed E-state index contributed by atoms with van der Waals surface area (Å²) in [7, 11) is 2.93. The van der Waals surface area contributed by atoms with Gasteiger partial charge in [0.2, 0.25) is 5.91 Å². The van der Waals surface area contributed by atoms with Gasteiger partial charge in [0, 0.05) is 35.3 Å². The van der Waals surface area contributed by atoms with Crippen molar-refractivity contribution >= 4 is 40.6 Å². The second-order valence-electron chi connectivity index (χ2n) is 10.9. The highest BCUT2D eigenvalue weighted by molar-refractivity contribution is 7.80. The van der Waals surface area contributed by atoms with Gasteiger partial charge in [-0.05, 0) is 60.7 Å². The summed E-state index contributed by atoms with van der Waals surface area (Å²) in [5.41, 5.74) is 3.55. The summed E-state index contributed by atoms with van der Waals surface area (Å²) in [4.78, 5) is 32.1. The third-order valence-corrected chi connectivity index (χ3v) is 7.46. The number of ether oxygens (including phenoxy) is 2. The van der Waals surface area contributed by atoms with Crippen molar-refractivity contribution in [3.05, 3.63) is 102 Å². The van der Waals surface area contributed by atoms with E-state index in [0.29, 0.717) is 27.8 Å². The van der Waals surface area contributed by atoms with E-state index in [4.69, 9.17) is 21.7 Å². The maximum absolute atomic E-state index is 12.7. The van der Waals surface area contributed by atoms with Crippen LogP contribution in [0.4, 0.5) is 11.4 Å². The first kappa shape index (κ1) is 28.8. The fraction of sp³-hybridized carbons (Fsp3) is 0.250. The number of nitrogens with one attached hydrogen (secondary N) is 2. The van der Waals surface area contributed by atoms with Crippen LogP contribution in [0.5, 0.6) is 5.75 Å². The molecule has 1 aliphatic heterocycles. The van der Waals surface area contributed by atoms with Gasteiger partial charge in [-0.1, -0.05) is 39.0 Å². The van der Waals surface area contributed by atoms with Gasteiger partial charge in [-0.25, -0.2) is 4.79 Å². The lowest BCUT2D eigenvalue weighted by molar-refractivity contribution is -0.123. The van der Waals surface area contributed by atoms with Crippen LogP contribution in [-0.2, 0) is 9.53 Å². The Kier molecular flexibility index (Phi) is 8.00. The van der Waals surface area contributed by atoms with Crippen LogP contribution in [0.1, 0.15) is 54.6 Å². The maximum atomic E-state index is 12.7. The first-order valence-electron chi connectivity index (χ1n) is 13.5. The molecule has 216 valence electrons. The number of pyridine rings is 1. The van der Waals surface area contributed by atoms with Crippen molar-refractivity contribution in [3.8, 4) is 11.4 Å². The molecule has 1 amide bonds. The fourth-order valence-corrected chi connectivity index (χ4v) is 5.34. The lowest BCUT2D eigenvalue weighted by Gasteiger charge is -2.30. The molecule has 0 saturated carbocycles. The fourth-order valence-electron chi connectivity index (χ4n) is 5.00. The molecule has 0 bridgehead atoms. The van der Waals surface area contributed by atoms with E-state index in [0.717, 1.165) is 17.1 Å². The molecule has 1 fully saturated rings. The monoisotopic (exact) mass is 583 g/mol. The SMILES string of the molecule is COC(=O)c1ccccc1-n1cccc1[C@H]1[C@H](c2ccccn2)NC(=S)N1c1ccc(NC(=O)C(C)(C)C)c(OC)c1. The van der Waals surface area contributed by atoms with E-state index >= 15 is 0 Å². The van der Waals surface area contributed by atoms with Crippen molar-refractivity contribution in [1.29, 1.82) is 0 Å². The van der Waals surface area contributed by atoms with Gasteiger partial charge in [0.15, 0.2) is 5.11 Å². The van der Waals surface area contributed by atoms with E-state index in [9.17, 15) is 9.59 Å². The number of aromatic nitrogens is 2. The zero-order valence-electron chi connectivity index (χ0n) is 24.1. The van der Waals surface area contributed by atoms with Crippen LogP contribution in [0.3, 0.4) is 0 Å². The summed E-state index contributed by atoms with van der Waals surface area (Å²) in [5.74, 6) is -0.0532. The molecule has 2 atom stereocenters. The van der Waals surface area contributed by atoms with Gasteiger partial charge in [-0.3, -0.25) is 9.78 Å². The Labute approximate surface area is 250 Å². The molecule has 0 unspecified atom stereocenters. The minimum atomic E-state index is -0.572. The molecule has 5 rings (SSSR count). The predicted molar refractivity (Wildman–Crippen MR) is 166 cm³/mol. The van der Waals surface area contributed by atoms with E-state index in [-0.39, 0.29) is 18.0 Å². The van der Waals surface area contributed by atoms with Crippen molar-refractivity contribution in [2.24, 2.45) is 5.41 Å². The number of rotatable bonds is 7. The van der Waals surface area contributed by atoms with Crippen LogP contribution in [0.25, 0.3) is 5.69 Å². The number of para-hydroxylation sites is 1. The van der Waals surface area contributed by atoms with Crippen molar-refractivity contribution in [2.75, 3.05) is 24.4 Å². The molecule has 0 radical (unpaired) electrons. The average molecular weight is 584 g/mol. The normalized spacial score (nSPS) is 16.6. The number of nitrogens with zero attached hydrogens (tertiary/aromatic N) is 3. The lowest BCUT2D eigenvalue weighted by Crippen LogP contribution is -2.30. The number of anilines is 2. The highest BCUT2D eigenvalue weighted by Gasteiger charge is 2.42. The number of carbonyl (C=O) groups is 2. The number of amides is 1. The van der Waals surface area contributed by atoms with Gasteiger partial charge in [0.25, 0.3) is 0 Å². The van der Waals surface area contributed by atoms with Crippen molar-refractivity contribution in [3.63, 3.8) is 0 Å². The zero-order valence-corrected chi connectivity index (χ0v) is 24.9. The highest BCUT2D eigenvalue weighted by Crippen LogP contribution is 2.44. The van der Waals surface area contributed by atoms with Crippen molar-refractivity contribution < 1.29 is 19.1 Å². The first-order chi connectivity index (χ1) is 20.1. The molecular weight excluding hydrogens is 550 g/mol. The quantitative estimate of drug-likeness (QED) is 0.207. The molecule has 2 aromatic heterocycles. The molecule has 42 heavy (non-hydrogen) atoms. The van der Waals surface area contributed by atoms with E-state index in [1.54, 1.807) is 25.4 Å². The van der Waals surface area contributed by atoms with E-state index in [1.807, 2.05) is 97.1 Å². The summed E-state index contributed by atoms with van der Waals surface area (Å²) in [6, 6.07) is 21.9. The molecule has 2 aromatic carbocycles. The second kappa shape index (κ2) is 11.7. The Bertz CT molecular complexity index is 1630. The zero-order chi connectivity index (χ0) is 30.0. The number of hydrogen-bond acceptors (Lipinski definition) is 6. The van der Waals surface area contributed by atoms with Gasteiger partial charge in [-0.15, -0.1) is 0 Å². The summed E-state index contributed by atoms with van der Waals surface area (Å²) in [6.07, 6.45) is 3.67. The predicted octanol–water partition coefficient (Wildman–Crippen LogP) is 5.83. The van der Waals surface area contributed by atoms with Crippen LogP contribution in [0.2, 0.25) is 0 Å². The molecule has 0 aliphatic carbocycles. The Morgan fingerprint density at radius 3 is 2.45 bits per heavy atom. The van der Waals surface area contributed by atoms with E-state index in [2.05, 4.69) is 15.6 Å². The number of thiocarbonyl (C=S) groups is 1. The maximum Gasteiger partial charge on any atom is 0.339 e. The number of hydrogen-bond donors (Lipinski definition) is 2. The van der Waals surface area contributed by atoms with Crippen LogP contribution >= 0.6 is 12.2 Å². The summed E-state index contributed by atoms with van der Waals surface area (Å²) in [5, 5.41) is 6.93. The van der Waals surface area contributed by atoms with E-state index in [1.165, 1.54) is 7.11 Å². The minimum absolute atomic E-state index is 0.123.